The quantitative estimate of drug-likeness (QED) is 0.564. The number of nitrogens with zero attached hydrogens (tertiary/aromatic N) is 3. The molecule has 1 N–H and O–H groups in total. The zero-order valence-electron chi connectivity index (χ0n) is 11.6. The maximum atomic E-state index is 12.5. The Hall–Kier alpha value is -2.27. The molecule has 1 amide bonds. The number of benzene rings is 1. The predicted molar refractivity (Wildman–Crippen MR) is 83.3 cm³/mol. The molecule has 0 aliphatic carbocycles. The van der Waals surface area contributed by atoms with Crippen molar-refractivity contribution in [2.45, 2.75) is 13.2 Å². The van der Waals surface area contributed by atoms with E-state index in [-0.39, 0.29) is 33.2 Å². The second-order valence-electron chi connectivity index (χ2n) is 4.34. The second kappa shape index (κ2) is 7.53. The summed E-state index contributed by atoms with van der Waals surface area (Å²) in [4.78, 5) is 21.9. The van der Waals surface area contributed by atoms with Gasteiger partial charge in [0.05, 0.1) is 15.1 Å². The Kier molecular flexibility index (Phi) is 5.67. The van der Waals surface area contributed by atoms with Gasteiger partial charge in [-0.1, -0.05) is 11.6 Å². The van der Waals surface area contributed by atoms with Gasteiger partial charge in [-0.05, 0) is 28.1 Å². The molecule has 0 aliphatic heterocycles. The van der Waals surface area contributed by atoms with Crippen molar-refractivity contribution < 1.29 is 23.2 Å². The average Bonchev–Trinajstić information content (AvgIpc) is 2.91. The van der Waals surface area contributed by atoms with Gasteiger partial charge >= 0.3 is 12.3 Å². The number of nitrogens with one attached hydrogen (secondary N) is 1. The van der Waals surface area contributed by atoms with Crippen LogP contribution in [0.15, 0.2) is 29.0 Å². The van der Waals surface area contributed by atoms with Gasteiger partial charge in [0.15, 0.2) is 5.75 Å². The highest BCUT2D eigenvalue weighted by Gasteiger charge is 2.18. The number of anilines is 1. The number of alkyl halides is 2. The third kappa shape index (κ3) is 4.61. The first-order valence-electron chi connectivity index (χ1n) is 6.17. The molecule has 0 saturated heterocycles. The fraction of sp³-hybridized carbons (Fsp3) is 0.167. The highest BCUT2D eigenvalue weighted by molar-refractivity contribution is 9.10. The van der Waals surface area contributed by atoms with Gasteiger partial charge in [0.2, 0.25) is 5.91 Å². The van der Waals surface area contributed by atoms with Gasteiger partial charge in [0, 0.05) is 5.02 Å². The van der Waals surface area contributed by atoms with E-state index >= 15 is 0 Å². The molecule has 0 atom stereocenters. The molecule has 0 aliphatic rings. The predicted octanol–water partition coefficient (Wildman–Crippen LogP) is 3.45. The molecule has 2 aromatic rings. The molecule has 0 radical (unpaired) electrons. The number of ether oxygens (including phenoxy) is 1. The fourth-order valence-electron chi connectivity index (χ4n) is 1.73. The first-order valence-corrected chi connectivity index (χ1v) is 7.34. The van der Waals surface area contributed by atoms with Crippen molar-refractivity contribution in [3.63, 3.8) is 0 Å². The van der Waals surface area contributed by atoms with Gasteiger partial charge < -0.3 is 10.1 Å². The Labute approximate surface area is 146 Å². The van der Waals surface area contributed by atoms with Crippen molar-refractivity contribution in [3.8, 4) is 5.75 Å². The van der Waals surface area contributed by atoms with Crippen LogP contribution in [-0.2, 0) is 11.3 Å². The highest BCUT2D eigenvalue weighted by Crippen LogP contribution is 2.37. The summed E-state index contributed by atoms with van der Waals surface area (Å²) >= 11 is 8.84. The topological polar surface area (TPSA) is 99.3 Å². The Morgan fingerprint density at radius 1 is 1.54 bits per heavy atom. The zero-order valence-corrected chi connectivity index (χ0v) is 13.9. The molecule has 128 valence electrons. The number of carbonyl (C=O) groups excluding carboxylic acids is 1. The van der Waals surface area contributed by atoms with E-state index in [0.717, 1.165) is 17.1 Å². The minimum Gasteiger partial charge on any atom is -0.431 e. The Morgan fingerprint density at radius 2 is 2.25 bits per heavy atom. The Bertz CT molecular complexity index is 786. The molecule has 1 aromatic carbocycles. The summed E-state index contributed by atoms with van der Waals surface area (Å²) < 4.78 is 30.5. The molecule has 1 aromatic heterocycles. The van der Waals surface area contributed by atoms with Gasteiger partial charge in [-0.25, -0.2) is 0 Å². The zero-order chi connectivity index (χ0) is 17.9. The van der Waals surface area contributed by atoms with E-state index in [0.29, 0.717) is 0 Å². The van der Waals surface area contributed by atoms with Crippen molar-refractivity contribution >= 4 is 44.8 Å². The molecule has 24 heavy (non-hydrogen) atoms. The lowest BCUT2D eigenvalue weighted by atomic mass is 10.3. The van der Waals surface area contributed by atoms with Crippen LogP contribution in [-0.4, -0.2) is 27.2 Å². The van der Waals surface area contributed by atoms with Crippen molar-refractivity contribution in [2.24, 2.45) is 0 Å². The normalized spacial score (nSPS) is 10.7. The van der Waals surface area contributed by atoms with Crippen molar-refractivity contribution in [3.05, 3.63) is 44.1 Å². The molecule has 0 unspecified atom stereocenters. The van der Waals surface area contributed by atoms with E-state index in [1.165, 1.54) is 12.1 Å². The van der Waals surface area contributed by atoms with E-state index < -0.39 is 17.4 Å². The number of amides is 1. The van der Waals surface area contributed by atoms with Crippen LogP contribution in [0.3, 0.4) is 0 Å². The monoisotopic (exact) mass is 424 g/mol. The van der Waals surface area contributed by atoms with Gasteiger partial charge in [0.25, 0.3) is 0 Å². The van der Waals surface area contributed by atoms with Crippen LogP contribution < -0.4 is 10.1 Å². The molecule has 0 spiro atoms. The van der Waals surface area contributed by atoms with Crippen LogP contribution in [0.2, 0.25) is 5.02 Å². The molecule has 1 heterocycles. The van der Waals surface area contributed by atoms with E-state index in [9.17, 15) is 23.7 Å². The molecule has 0 saturated carbocycles. The number of hydrogen-bond acceptors (Lipinski definition) is 5. The van der Waals surface area contributed by atoms with Crippen LogP contribution >= 0.6 is 27.5 Å². The summed E-state index contributed by atoms with van der Waals surface area (Å²) in [6.45, 7) is -3.47. The van der Waals surface area contributed by atoms with Gasteiger partial charge in [-0.2, -0.15) is 13.9 Å². The van der Waals surface area contributed by atoms with Crippen molar-refractivity contribution in [1.29, 1.82) is 0 Å². The fourth-order valence-corrected chi connectivity index (χ4v) is 2.64. The van der Waals surface area contributed by atoms with Crippen LogP contribution in [0.4, 0.5) is 20.2 Å². The van der Waals surface area contributed by atoms with Crippen molar-refractivity contribution in [1.82, 2.24) is 9.78 Å². The summed E-state index contributed by atoms with van der Waals surface area (Å²) in [5.74, 6) is -0.963. The molecule has 0 bridgehead atoms. The van der Waals surface area contributed by atoms with Gasteiger partial charge in [-0.15, -0.1) is 0 Å². The third-order valence-corrected chi connectivity index (χ3v) is 3.43. The molecular formula is C12H8BrClF2N4O4. The van der Waals surface area contributed by atoms with Crippen LogP contribution in [0.1, 0.15) is 0 Å². The van der Waals surface area contributed by atoms with Crippen molar-refractivity contribution in [2.75, 3.05) is 5.32 Å². The highest BCUT2D eigenvalue weighted by atomic mass is 79.9. The maximum Gasteiger partial charge on any atom is 0.387 e. The van der Waals surface area contributed by atoms with E-state index in [2.05, 4.69) is 31.1 Å². The SMILES string of the molecule is O=C(Cn1cc([N+](=O)[O-])cn1)Nc1cc(Cl)cc(Br)c1OC(F)F. The third-order valence-electron chi connectivity index (χ3n) is 2.63. The average molecular weight is 426 g/mol. The summed E-state index contributed by atoms with van der Waals surface area (Å²) in [5.41, 5.74) is -0.364. The molecule has 12 heteroatoms. The summed E-state index contributed by atoms with van der Waals surface area (Å²) in [6, 6.07) is 2.55. The number of hydrogen-bond donors (Lipinski definition) is 1. The largest absolute Gasteiger partial charge is 0.431 e. The number of rotatable bonds is 6. The Balaban J connectivity index is 2.16. The van der Waals surface area contributed by atoms with E-state index in [4.69, 9.17) is 11.6 Å². The smallest absolute Gasteiger partial charge is 0.387 e. The second-order valence-corrected chi connectivity index (χ2v) is 5.63. The lowest BCUT2D eigenvalue weighted by molar-refractivity contribution is -0.385. The maximum absolute atomic E-state index is 12.5. The van der Waals surface area contributed by atoms with E-state index in [1.807, 2.05) is 0 Å². The Morgan fingerprint density at radius 3 is 2.83 bits per heavy atom. The number of halogens is 4. The minimum atomic E-state index is -3.10. The number of carbonyl (C=O) groups is 1. The lowest BCUT2D eigenvalue weighted by Gasteiger charge is -2.14. The number of aromatic nitrogens is 2. The standard InChI is InChI=1S/C12H8BrClF2N4O4/c13-8-1-6(14)2-9(11(8)24-12(15)16)18-10(21)5-19-4-7(3-17-19)20(22)23/h1-4,12H,5H2,(H,18,21). The first kappa shape index (κ1) is 18.1. The van der Waals surface area contributed by atoms with E-state index in [1.54, 1.807) is 0 Å². The lowest BCUT2D eigenvalue weighted by Crippen LogP contribution is -2.20. The summed E-state index contributed by atoms with van der Waals surface area (Å²) in [5, 5.41) is 16.7. The van der Waals surface area contributed by atoms with Gasteiger partial charge in [-0.3, -0.25) is 19.6 Å². The minimum absolute atomic E-state index is 0.0821. The summed E-state index contributed by atoms with van der Waals surface area (Å²) in [7, 11) is 0. The molecule has 8 nitrogen and oxygen atoms in total. The van der Waals surface area contributed by atoms with Crippen LogP contribution in [0, 0.1) is 10.1 Å². The van der Waals surface area contributed by atoms with Crippen LogP contribution in [0.5, 0.6) is 5.75 Å². The van der Waals surface area contributed by atoms with Crippen LogP contribution in [0.25, 0.3) is 0 Å². The van der Waals surface area contributed by atoms with Gasteiger partial charge in [0.1, 0.15) is 18.9 Å². The first-order chi connectivity index (χ1) is 11.3. The summed E-state index contributed by atoms with van der Waals surface area (Å²) in [6.07, 6.45) is 2.04. The number of nitro groups is 1. The molecule has 0 fully saturated rings. The molecule has 2 rings (SSSR count). The molecular weight excluding hydrogens is 418 g/mol.